The Labute approximate surface area is 104 Å². The number of aromatic nitrogens is 1. The van der Waals surface area contributed by atoms with Gasteiger partial charge in [-0.1, -0.05) is 41.4 Å². The number of halogens is 1. The van der Waals surface area contributed by atoms with E-state index in [2.05, 4.69) is 0 Å². The highest BCUT2D eigenvalue weighted by molar-refractivity contribution is 6.30. The summed E-state index contributed by atoms with van der Waals surface area (Å²) in [6, 6.07) is 9.41. The first-order valence-corrected chi connectivity index (χ1v) is 5.58. The number of benzene rings is 1. The zero-order valence-electron chi connectivity index (χ0n) is 9.35. The lowest BCUT2D eigenvalue weighted by Crippen LogP contribution is -2.08. The van der Waals surface area contributed by atoms with Crippen LogP contribution in [0.5, 0.6) is 0 Å². The van der Waals surface area contributed by atoms with Gasteiger partial charge in [-0.2, -0.15) is 0 Å². The summed E-state index contributed by atoms with van der Waals surface area (Å²) in [5.41, 5.74) is 2.41. The molecular weight excluding hydrogens is 238 g/mol. The van der Waals surface area contributed by atoms with Crippen LogP contribution in [-0.2, 0) is 6.54 Å². The maximum Gasteiger partial charge on any atom is 0.352 e. The number of carbonyl (C=O) groups is 1. The fraction of sp³-hybridized carbons (Fsp3) is 0.154. The lowest BCUT2D eigenvalue weighted by atomic mass is 10.1. The molecule has 1 aromatic carbocycles. The monoisotopic (exact) mass is 249 g/mol. The van der Waals surface area contributed by atoms with E-state index in [0.717, 1.165) is 11.1 Å². The largest absolute Gasteiger partial charge is 0.477 e. The van der Waals surface area contributed by atoms with Crippen molar-refractivity contribution >= 4 is 17.6 Å². The average Bonchev–Trinajstić information content (AvgIpc) is 2.59. The number of hydrogen-bond acceptors (Lipinski definition) is 1. The molecule has 3 nitrogen and oxygen atoms in total. The topological polar surface area (TPSA) is 42.2 Å². The SMILES string of the molecule is Cc1cccc(Cn2cc(Cl)cc2C(=O)O)c1. The van der Waals surface area contributed by atoms with Crippen molar-refractivity contribution in [2.75, 3.05) is 0 Å². The van der Waals surface area contributed by atoms with Crippen LogP contribution in [0.25, 0.3) is 0 Å². The Morgan fingerprint density at radius 1 is 1.41 bits per heavy atom. The summed E-state index contributed by atoms with van der Waals surface area (Å²) in [5, 5.41) is 9.47. The Balaban J connectivity index is 2.32. The molecule has 0 atom stereocenters. The number of carboxylic acid groups (broad SMARTS) is 1. The Kier molecular flexibility index (Phi) is 3.20. The molecule has 0 unspecified atom stereocenters. The van der Waals surface area contributed by atoms with Crippen LogP contribution in [0.2, 0.25) is 5.02 Å². The summed E-state index contributed by atoms with van der Waals surface area (Å²) in [6.45, 7) is 2.51. The van der Waals surface area contributed by atoms with Gasteiger partial charge < -0.3 is 9.67 Å². The van der Waals surface area contributed by atoms with Crippen LogP contribution < -0.4 is 0 Å². The molecule has 0 radical (unpaired) electrons. The summed E-state index contributed by atoms with van der Waals surface area (Å²) in [4.78, 5) is 11.0. The molecule has 2 rings (SSSR count). The van der Waals surface area contributed by atoms with Crippen molar-refractivity contribution in [1.82, 2.24) is 4.57 Å². The lowest BCUT2D eigenvalue weighted by Gasteiger charge is -2.06. The quantitative estimate of drug-likeness (QED) is 0.908. The summed E-state index contributed by atoms with van der Waals surface area (Å²) in [6.07, 6.45) is 1.63. The van der Waals surface area contributed by atoms with Crippen LogP contribution in [0, 0.1) is 6.92 Å². The second-order valence-corrected chi connectivity index (χ2v) is 4.40. The molecule has 1 N–H and O–H groups in total. The molecule has 0 saturated carbocycles. The number of carboxylic acids is 1. The van der Waals surface area contributed by atoms with E-state index in [1.165, 1.54) is 6.07 Å². The van der Waals surface area contributed by atoms with Crippen LogP contribution in [0.4, 0.5) is 0 Å². The maximum absolute atomic E-state index is 11.0. The summed E-state index contributed by atoms with van der Waals surface area (Å²) < 4.78 is 1.64. The Bertz CT molecular complexity index is 560. The fourth-order valence-corrected chi connectivity index (χ4v) is 2.01. The average molecular weight is 250 g/mol. The van der Waals surface area contributed by atoms with Crippen molar-refractivity contribution in [3.8, 4) is 0 Å². The van der Waals surface area contributed by atoms with Gasteiger partial charge in [0.1, 0.15) is 5.69 Å². The minimum Gasteiger partial charge on any atom is -0.477 e. The highest BCUT2D eigenvalue weighted by Crippen LogP contribution is 2.16. The molecule has 4 heteroatoms. The number of rotatable bonds is 3. The lowest BCUT2D eigenvalue weighted by molar-refractivity contribution is 0.0685. The third-order valence-electron chi connectivity index (χ3n) is 2.52. The molecule has 0 saturated heterocycles. The molecule has 0 amide bonds. The Morgan fingerprint density at radius 2 is 2.18 bits per heavy atom. The van der Waals surface area contributed by atoms with Crippen LogP contribution >= 0.6 is 11.6 Å². The predicted molar refractivity (Wildman–Crippen MR) is 66.7 cm³/mol. The van der Waals surface area contributed by atoms with E-state index in [9.17, 15) is 4.79 Å². The highest BCUT2D eigenvalue weighted by atomic mass is 35.5. The van der Waals surface area contributed by atoms with Gasteiger partial charge in [0, 0.05) is 12.7 Å². The van der Waals surface area contributed by atoms with Crippen molar-refractivity contribution in [2.24, 2.45) is 0 Å². The van der Waals surface area contributed by atoms with Gasteiger partial charge in [-0.05, 0) is 18.6 Å². The number of hydrogen-bond donors (Lipinski definition) is 1. The minimum absolute atomic E-state index is 0.205. The molecule has 0 aliphatic rings. The van der Waals surface area contributed by atoms with E-state index < -0.39 is 5.97 Å². The third kappa shape index (κ3) is 2.68. The molecule has 0 spiro atoms. The maximum atomic E-state index is 11.0. The fourth-order valence-electron chi connectivity index (χ4n) is 1.79. The van der Waals surface area contributed by atoms with E-state index >= 15 is 0 Å². The van der Waals surface area contributed by atoms with Crippen molar-refractivity contribution in [2.45, 2.75) is 13.5 Å². The standard InChI is InChI=1S/C13H12ClNO2/c1-9-3-2-4-10(5-9)7-15-8-11(14)6-12(15)13(16)17/h2-6,8H,7H2,1H3,(H,16,17). The molecule has 0 aliphatic carbocycles. The zero-order chi connectivity index (χ0) is 12.4. The third-order valence-corrected chi connectivity index (χ3v) is 2.72. The summed E-state index contributed by atoms with van der Waals surface area (Å²) in [7, 11) is 0. The first kappa shape index (κ1) is 11.7. The van der Waals surface area contributed by atoms with Gasteiger partial charge in [-0.3, -0.25) is 0 Å². The van der Waals surface area contributed by atoms with E-state index in [4.69, 9.17) is 16.7 Å². The van der Waals surface area contributed by atoms with E-state index in [-0.39, 0.29) is 5.69 Å². The molecule has 0 fully saturated rings. The van der Waals surface area contributed by atoms with Crippen molar-refractivity contribution in [3.05, 3.63) is 58.4 Å². The smallest absolute Gasteiger partial charge is 0.352 e. The van der Waals surface area contributed by atoms with Gasteiger partial charge in [-0.15, -0.1) is 0 Å². The summed E-state index contributed by atoms with van der Waals surface area (Å²) >= 11 is 5.82. The summed E-state index contributed by atoms with van der Waals surface area (Å²) in [5.74, 6) is -0.968. The van der Waals surface area contributed by atoms with Gasteiger partial charge in [0.15, 0.2) is 0 Å². The van der Waals surface area contributed by atoms with Crippen molar-refractivity contribution < 1.29 is 9.90 Å². The molecule has 2 aromatic rings. The van der Waals surface area contributed by atoms with Crippen LogP contribution in [0.1, 0.15) is 21.6 Å². The molecular formula is C13H12ClNO2. The van der Waals surface area contributed by atoms with Crippen LogP contribution in [0.15, 0.2) is 36.5 Å². The van der Waals surface area contributed by atoms with Crippen molar-refractivity contribution in [1.29, 1.82) is 0 Å². The van der Waals surface area contributed by atoms with E-state index in [0.29, 0.717) is 11.6 Å². The normalized spacial score (nSPS) is 10.5. The van der Waals surface area contributed by atoms with Crippen LogP contribution in [0.3, 0.4) is 0 Å². The first-order valence-electron chi connectivity index (χ1n) is 5.21. The van der Waals surface area contributed by atoms with Crippen LogP contribution in [-0.4, -0.2) is 15.6 Å². The van der Waals surface area contributed by atoms with E-state index in [1.54, 1.807) is 10.8 Å². The number of aryl methyl sites for hydroxylation is 1. The second-order valence-electron chi connectivity index (χ2n) is 3.97. The molecule has 88 valence electrons. The van der Waals surface area contributed by atoms with E-state index in [1.807, 2.05) is 31.2 Å². The molecule has 1 heterocycles. The molecule has 0 aliphatic heterocycles. The number of nitrogens with zero attached hydrogens (tertiary/aromatic N) is 1. The Hall–Kier alpha value is -1.74. The van der Waals surface area contributed by atoms with Gasteiger partial charge in [0.25, 0.3) is 0 Å². The molecule has 1 aromatic heterocycles. The highest BCUT2D eigenvalue weighted by Gasteiger charge is 2.11. The molecule has 0 bridgehead atoms. The number of aromatic carboxylic acids is 1. The van der Waals surface area contributed by atoms with Crippen molar-refractivity contribution in [3.63, 3.8) is 0 Å². The van der Waals surface area contributed by atoms with Gasteiger partial charge >= 0.3 is 5.97 Å². The minimum atomic E-state index is -0.968. The van der Waals surface area contributed by atoms with Gasteiger partial charge in [0.2, 0.25) is 0 Å². The predicted octanol–water partition coefficient (Wildman–Crippen LogP) is 3.20. The second kappa shape index (κ2) is 4.63. The Morgan fingerprint density at radius 3 is 2.82 bits per heavy atom. The molecule has 17 heavy (non-hydrogen) atoms. The van der Waals surface area contributed by atoms with Gasteiger partial charge in [0.05, 0.1) is 5.02 Å². The van der Waals surface area contributed by atoms with Gasteiger partial charge in [-0.25, -0.2) is 4.79 Å². The first-order chi connectivity index (χ1) is 8.06. The zero-order valence-corrected chi connectivity index (χ0v) is 10.1.